The van der Waals surface area contributed by atoms with Crippen molar-refractivity contribution in [3.8, 4) is 0 Å². The third-order valence-corrected chi connectivity index (χ3v) is 4.85. The highest BCUT2D eigenvalue weighted by Gasteiger charge is 2.42. The number of ether oxygens (including phenoxy) is 1. The van der Waals surface area contributed by atoms with Crippen molar-refractivity contribution >= 4 is 28.3 Å². The van der Waals surface area contributed by atoms with Crippen LogP contribution < -0.4 is 10.6 Å². The quantitative estimate of drug-likeness (QED) is 0.778. The maximum Gasteiger partial charge on any atom is 0.337 e. The SMILES string of the molecule is COC(=O)c1cccc(Cc2cnc(NC(=O)C3CC(F)(F)CN3)s2)c1. The van der Waals surface area contributed by atoms with Crippen molar-refractivity contribution < 1.29 is 23.1 Å². The van der Waals surface area contributed by atoms with E-state index in [-0.39, 0.29) is 0 Å². The standard InChI is InChI=1S/C17H17F2N3O3S/c1-25-15(24)11-4-2-3-10(5-11)6-12-8-20-16(26-12)22-14(23)13-7-17(18,19)9-21-13/h2-5,8,13,21H,6-7,9H2,1H3,(H,20,22,23). The van der Waals surface area contributed by atoms with Gasteiger partial charge in [0.15, 0.2) is 5.13 Å². The van der Waals surface area contributed by atoms with Crippen molar-refractivity contribution in [1.29, 1.82) is 0 Å². The molecule has 0 aliphatic carbocycles. The van der Waals surface area contributed by atoms with Crippen LogP contribution in [0.2, 0.25) is 0 Å². The minimum atomic E-state index is -2.86. The van der Waals surface area contributed by atoms with Crippen LogP contribution in [-0.2, 0) is 16.0 Å². The Morgan fingerprint density at radius 1 is 1.46 bits per heavy atom. The summed E-state index contributed by atoms with van der Waals surface area (Å²) in [7, 11) is 1.32. The number of carbonyl (C=O) groups excluding carboxylic acids is 2. The lowest BCUT2D eigenvalue weighted by atomic mass is 10.1. The van der Waals surface area contributed by atoms with Gasteiger partial charge >= 0.3 is 5.97 Å². The lowest BCUT2D eigenvalue weighted by Crippen LogP contribution is -2.35. The van der Waals surface area contributed by atoms with Gasteiger partial charge in [0, 0.05) is 23.9 Å². The van der Waals surface area contributed by atoms with E-state index in [1.165, 1.54) is 18.4 Å². The van der Waals surface area contributed by atoms with Gasteiger partial charge in [-0.1, -0.05) is 12.1 Å². The van der Waals surface area contributed by atoms with E-state index in [1.54, 1.807) is 24.4 Å². The van der Waals surface area contributed by atoms with Gasteiger partial charge < -0.3 is 10.1 Å². The molecule has 1 unspecified atom stereocenters. The molecule has 2 N–H and O–H groups in total. The summed E-state index contributed by atoms with van der Waals surface area (Å²) < 4.78 is 31.0. The molecule has 1 aliphatic rings. The number of rotatable bonds is 5. The van der Waals surface area contributed by atoms with Gasteiger partial charge in [-0.3, -0.25) is 10.1 Å². The van der Waals surface area contributed by atoms with Crippen LogP contribution in [0.15, 0.2) is 30.5 Å². The molecule has 9 heteroatoms. The minimum absolute atomic E-state index is 0.353. The summed E-state index contributed by atoms with van der Waals surface area (Å²) >= 11 is 1.26. The molecule has 1 amide bonds. The number of halogens is 2. The van der Waals surface area contributed by atoms with Gasteiger partial charge in [-0.15, -0.1) is 11.3 Å². The summed E-state index contributed by atoms with van der Waals surface area (Å²) in [6.07, 6.45) is 1.62. The maximum absolute atomic E-state index is 13.2. The molecule has 6 nitrogen and oxygen atoms in total. The first-order valence-electron chi connectivity index (χ1n) is 7.90. The van der Waals surface area contributed by atoms with E-state index in [1.807, 2.05) is 6.07 Å². The van der Waals surface area contributed by atoms with E-state index in [0.29, 0.717) is 17.1 Å². The monoisotopic (exact) mass is 381 g/mol. The molecule has 1 fully saturated rings. The molecule has 1 atom stereocenters. The molecular weight excluding hydrogens is 364 g/mol. The Labute approximate surface area is 152 Å². The van der Waals surface area contributed by atoms with Crippen LogP contribution >= 0.6 is 11.3 Å². The number of methoxy groups -OCH3 is 1. The van der Waals surface area contributed by atoms with Crippen LogP contribution in [0.5, 0.6) is 0 Å². The number of benzene rings is 1. The number of hydrogen-bond donors (Lipinski definition) is 2. The second-order valence-electron chi connectivity index (χ2n) is 5.98. The minimum Gasteiger partial charge on any atom is -0.465 e. The van der Waals surface area contributed by atoms with E-state index < -0.39 is 36.8 Å². The summed E-state index contributed by atoms with van der Waals surface area (Å²) in [5, 5.41) is 5.42. The predicted octanol–water partition coefficient (Wildman–Crippen LogP) is 2.46. The Morgan fingerprint density at radius 2 is 2.27 bits per heavy atom. The van der Waals surface area contributed by atoms with Crippen LogP contribution in [-0.4, -0.2) is 42.5 Å². The number of carbonyl (C=O) groups is 2. The molecule has 2 heterocycles. The van der Waals surface area contributed by atoms with E-state index in [2.05, 4.69) is 15.6 Å². The highest BCUT2D eigenvalue weighted by Crippen LogP contribution is 2.27. The Morgan fingerprint density at radius 3 is 2.96 bits per heavy atom. The van der Waals surface area contributed by atoms with Crippen molar-refractivity contribution in [1.82, 2.24) is 10.3 Å². The number of nitrogens with one attached hydrogen (secondary N) is 2. The van der Waals surface area contributed by atoms with Gasteiger partial charge in [0.2, 0.25) is 5.91 Å². The van der Waals surface area contributed by atoms with Gasteiger partial charge in [0.1, 0.15) is 0 Å². The van der Waals surface area contributed by atoms with Crippen molar-refractivity contribution in [2.75, 3.05) is 19.0 Å². The fourth-order valence-electron chi connectivity index (χ4n) is 2.67. The fraction of sp³-hybridized carbons (Fsp3) is 0.353. The van der Waals surface area contributed by atoms with Crippen LogP contribution in [0.1, 0.15) is 27.2 Å². The topological polar surface area (TPSA) is 80.3 Å². The number of hydrogen-bond acceptors (Lipinski definition) is 6. The van der Waals surface area contributed by atoms with Gasteiger partial charge in [-0.2, -0.15) is 0 Å². The molecule has 138 valence electrons. The van der Waals surface area contributed by atoms with E-state index in [4.69, 9.17) is 4.74 Å². The van der Waals surface area contributed by atoms with Crippen LogP contribution in [0.4, 0.5) is 13.9 Å². The summed E-state index contributed by atoms with van der Waals surface area (Å²) in [5.41, 5.74) is 1.35. The van der Waals surface area contributed by atoms with Crippen molar-refractivity contribution in [3.63, 3.8) is 0 Å². The Bertz CT molecular complexity index is 825. The number of amides is 1. The molecule has 26 heavy (non-hydrogen) atoms. The normalized spacial score (nSPS) is 18.5. The van der Waals surface area contributed by atoms with Crippen LogP contribution in [0, 0.1) is 0 Å². The smallest absolute Gasteiger partial charge is 0.337 e. The number of alkyl halides is 2. The zero-order chi connectivity index (χ0) is 18.7. The second kappa shape index (κ2) is 7.46. The van der Waals surface area contributed by atoms with E-state index in [9.17, 15) is 18.4 Å². The van der Waals surface area contributed by atoms with Gasteiger partial charge in [-0.25, -0.2) is 18.6 Å². The highest BCUT2D eigenvalue weighted by atomic mass is 32.1. The molecule has 1 aromatic carbocycles. The van der Waals surface area contributed by atoms with Gasteiger partial charge in [-0.05, 0) is 17.7 Å². The number of esters is 1. The van der Waals surface area contributed by atoms with E-state index >= 15 is 0 Å². The number of nitrogens with zero attached hydrogens (tertiary/aromatic N) is 1. The van der Waals surface area contributed by atoms with E-state index in [0.717, 1.165) is 10.4 Å². The number of aromatic nitrogens is 1. The predicted molar refractivity (Wildman–Crippen MR) is 92.7 cm³/mol. The maximum atomic E-state index is 13.2. The first kappa shape index (κ1) is 18.4. The largest absolute Gasteiger partial charge is 0.465 e. The third-order valence-electron chi connectivity index (χ3n) is 3.94. The van der Waals surface area contributed by atoms with Crippen molar-refractivity contribution in [2.45, 2.75) is 24.8 Å². The lowest BCUT2D eigenvalue weighted by Gasteiger charge is -2.09. The average molecular weight is 381 g/mol. The first-order chi connectivity index (χ1) is 12.4. The molecule has 0 bridgehead atoms. The molecule has 0 spiro atoms. The van der Waals surface area contributed by atoms with Crippen molar-refractivity contribution in [2.24, 2.45) is 0 Å². The Balaban J connectivity index is 1.62. The first-order valence-corrected chi connectivity index (χ1v) is 8.72. The molecule has 2 aromatic rings. The zero-order valence-electron chi connectivity index (χ0n) is 13.9. The van der Waals surface area contributed by atoms with Crippen molar-refractivity contribution in [3.05, 3.63) is 46.5 Å². The molecule has 1 aromatic heterocycles. The lowest BCUT2D eigenvalue weighted by molar-refractivity contribution is -0.118. The molecular formula is C17H17F2N3O3S. The number of thiazole rings is 1. The number of anilines is 1. The van der Waals surface area contributed by atoms with Crippen LogP contribution in [0.3, 0.4) is 0 Å². The van der Waals surface area contributed by atoms with Gasteiger partial charge in [0.05, 0.1) is 25.3 Å². The molecule has 3 rings (SSSR count). The summed E-state index contributed by atoms with van der Waals surface area (Å²) in [4.78, 5) is 28.6. The van der Waals surface area contributed by atoms with Gasteiger partial charge in [0.25, 0.3) is 5.92 Å². The third kappa shape index (κ3) is 4.41. The average Bonchev–Trinajstić information content (AvgIpc) is 3.20. The molecule has 0 radical (unpaired) electrons. The zero-order valence-corrected chi connectivity index (χ0v) is 14.7. The summed E-state index contributed by atoms with van der Waals surface area (Å²) in [6, 6.07) is 6.10. The molecule has 1 saturated heterocycles. The Hall–Kier alpha value is -2.39. The van der Waals surface area contributed by atoms with Crippen LogP contribution in [0.25, 0.3) is 0 Å². The fourth-order valence-corrected chi connectivity index (χ4v) is 3.52. The second-order valence-corrected chi connectivity index (χ2v) is 7.10. The summed E-state index contributed by atoms with van der Waals surface area (Å²) in [5.74, 6) is -3.79. The summed E-state index contributed by atoms with van der Waals surface area (Å²) in [6.45, 7) is -0.495. The highest BCUT2D eigenvalue weighted by molar-refractivity contribution is 7.15. The molecule has 0 saturated carbocycles. The molecule has 1 aliphatic heterocycles. The Kier molecular flexibility index (Phi) is 5.28.